The average molecular weight is 331 g/mol. The third-order valence-electron chi connectivity index (χ3n) is 3.05. The lowest BCUT2D eigenvalue weighted by molar-refractivity contribution is -0.153. The van der Waals surface area contributed by atoms with Gasteiger partial charge in [-0.3, -0.25) is 0 Å². The molecule has 0 saturated carbocycles. The fourth-order valence-electron chi connectivity index (χ4n) is 2.08. The minimum Gasteiger partial charge on any atom is -0.484 e. The van der Waals surface area contributed by atoms with Gasteiger partial charge in [0.25, 0.3) is 6.43 Å². The summed E-state index contributed by atoms with van der Waals surface area (Å²) in [5.74, 6) is 0.0530. The highest BCUT2D eigenvalue weighted by molar-refractivity contribution is 5.70. The Morgan fingerprint density at radius 1 is 1.13 bits per heavy atom. The normalized spacial score (nSPS) is 15.1. The first-order chi connectivity index (χ1) is 10.8. The van der Waals surface area contributed by atoms with Gasteiger partial charge < -0.3 is 9.64 Å². The number of nitrogens with zero attached hydrogens (tertiary/aromatic N) is 1. The van der Waals surface area contributed by atoms with E-state index in [-0.39, 0.29) is 5.75 Å². The minimum absolute atomic E-state index is 0.0530. The summed E-state index contributed by atoms with van der Waals surface area (Å²) in [6.07, 6.45) is -2.04. The molecule has 0 fully saturated rings. The molecule has 0 spiro atoms. The smallest absolute Gasteiger partial charge is 0.422 e. The lowest BCUT2D eigenvalue weighted by atomic mass is 10.1. The van der Waals surface area contributed by atoms with Crippen molar-refractivity contribution >= 4 is 5.70 Å². The third-order valence-corrected chi connectivity index (χ3v) is 3.05. The van der Waals surface area contributed by atoms with Crippen molar-refractivity contribution in [1.29, 1.82) is 0 Å². The standard InChI is InChI=1S/C16H14F5NO/c1-11-3-2-4-14(22(11)9-15(17)18)12-5-7-13(8-6-12)23-10-16(19,20)21/h2-8,15H,1,9-10H2. The molecule has 1 aliphatic heterocycles. The molecular formula is C16H14F5NO. The second-order valence-corrected chi connectivity index (χ2v) is 4.83. The lowest BCUT2D eigenvalue weighted by Crippen LogP contribution is -2.27. The highest BCUT2D eigenvalue weighted by atomic mass is 19.4. The molecule has 2 nitrogen and oxygen atoms in total. The van der Waals surface area contributed by atoms with Crippen molar-refractivity contribution < 1.29 is 26.7 Å². The van der Waals surface area contributed by atoms with Gasteiger partial charge in [0.1, 0.15) is 5.75 Å². The highest BCUT2D eigenvalue weighted by Gasteiger charge is 2.28. The molecule has 0 aliphatic carbocycles. The van der Waals surface area contributed by atoms with Crippen LogP contribution in [0.5, 0.6) is 5.75 Å². The number of halogens is 5. The second kappa shape index (κ2) is 6.85. The summed E-state index contributed by atoms with van der Waals surface area (Å²) in [6.45, 7) is 1.82. The maximum absolute atomic E-state index is 12.7. The van der Waals surface area contributed by atoms with E-state index in [1.54, 1.807) is 18.2 Å². The predicted octanol–water partition coefficient (Wildman–Crippen LogP) is 4.62. The van der Waals surface area contributed by atoms with Gasteiger partial charge in [0.05, 0.1) is 6.54 Å². The van der Waals surface area contributed by atoms with Gasteiger partial charge in [-0.2, -0.15) is 13.2 Å². The highest BCUT2D eigenvalue weighted by Crippen LogP contribution is 2.29. The topological polar surface area (TPSA) is 12.5 Å². The maximum Gasteiger partial charge on any atom is 0.422 e. The van der Waals surface area contributed by atoms with E-state index in [2.05, 4.69) is 11.3 Å². The van der Waals surface area contributed by atoms with Crippen molar-refractivity contribution in [3.8, 4) is 5.75 Å². The van der Waals surface area contributed by atoms with Crippen LogP contribution in [0.3, 0.4) is 0 Å². The molecule has 0 atom stereocenters. The van der Waals surface area contributed by atoms with Crippen LogP contribution in [-0.4, -0.2) is 30.7 Å². The van der Waals surface area contributed by atoms with Crippen molar-refractivity contribution in [3.63, 3.8) is 0 Å². The summed E-state index contributed by atoms with van der Waals surface area (Å²) in [4.78, 5) is 1.36. The van der Waals surface area contributed by atoms with Gasteiger partial charge in [0.2, 0.25) is 0 Å². The van der Waals surface area contributed by atoms with Crippen molar-refractivity contribution in [2.24, 2.45) is 0 Å². The SMILES string of the molecule is C=C1C=CC=C(c2ccc(OCC(F)(F)F)cc2)N1CC(F)F. The molecule has 0 bridgehead atoms. The molecule has 7 heteroatoms. The zero-order valence-electron chi connectivity index (χ0n) is 12.0. The molecule has 0 saturated heterocycles. The molecular weight excluding hydrogens is 317 g/mol. The molecule has 0 radical (unpaired) electrons. The van der Waals surface area contributed by atoms with Gasteiger partial charge in [-0.25, -0.2) is 8.78 Å². The Hall–Kier alpha value is -2.31. The molecule has 0 unspecified atom stereocenters. The van der Waals surface area contributed by atoms with Crippen LogP contribution in [0.1, 0.15) is 5.56 Å². The zero-order valence-corrected chi connectivity index (χ0v) is 12.0. The van der Waals surface area contributed by atoms with Gasteiger partial charge in [-0.05, 0) is 42.0 Å². The van der Waals surface area contributed by atoms with Crippen LogP contribution < -0.4 is 4.74 Å². The van der Waals surface area contributed by atoms with E-state index < -0.39 is 25.8 Å². The van der Waals surface area contributed by atoms with Crippen molar-refractivity contribution in [2.45, 2.75) is 12.6 Å². The molecule has 124 valence electrons. The Morgan fingerprint density at radius 3 is 2.35 bits per heavy atom. The number of hydrogen-bond acceptors (Lipinski definition) is 2. The summed E-state index contributed by atoms with van der Waals surface area (Å²) in [5.41, 5.74) is 1.50. The summed E-state index contributed by atoms with van der Waals surface area (Å²) in [5, 5.41) is 0. The number of rotatable bonds is 5. The fourth-order valence-corrected chi connectivity index (χ4v) is 2.08. The third kappa shape index (κ3) is 4.84. The molecule has 1 aliphatic rings. The summed E-state index contributed by atoms with van der Waals surface area (Å²) in [7, 11) is 0. The molecule has 23 heavy (non-hydrogen) atoms. The molecule has 1 aromatic carbocycles. The number of ether oxygens (including phenoxy) is 1. The van der Waals surface area contributed by atoms with Gasteiger partial charge in [-0.1, -0.05) is 12.7 Å². The first-order valence-electron chi connectivity index (χ1n) is 6.69. The van der Waals surface area contributed by atoms with Crippen LogP contribution in [-0.2, 0) is 0 Å². The summed E-state index contributed by atoms with van der Waals surface area (Å²) < 4.78 is 66.3. The number of benzene rings is 1. The summed E-state index contributed by atoms with van der Waals surface area (Å²) in [6, 6.07) is 5.76. The summed E-state index contributed by atoms with van der Waals surface area (Å²) >= 11 is 0. The average Bonchev–Trinajstić information content (AvgIpc) is 2.47. The Morgan fingerprint density at radius 2 is 1.78 bits per heavy atom. The fraction of sp³-hybridized carbons (Fsp3) is 0.250. The van der Waals surface area contributed by atoms with Crippen molar-refractivity contribution in [3.05, 3.63) is 60.3 Å². The van der Waals surface area contributed by atoms with E-state index in [1.807, 2.05) is 0 Å². The number of alkyl halides is 5. The number of hydrogen-bond donors (Lipinski definition) is 0. The van der Waals surface area contributed by atoms with Crippen LogP contribution in [0.25, 0.3) is 5.70 Å². The van der Waals surface area contributed by atoms with E-state index in [9.17, 15) is 22.0 Å². The van der Waals surface area contributed by atoms with Gasteiger partial charge >= 0.3 is 6.18 Å². The van der Waals surface area contributed by atoms with Crippen LogP contribution in [0.2, 0.25) is 0 Å². The van der Waals surface area contributed by atoms with E-state index >= 15 is 0 Å². The number of allylic oxidation sites excluding steroid dienone is 3. The van der Waals surface area contributed by atoms with Crippen LogP contribution in [0, 0.1) is 0 Å². The monoisotopic (exact) mass is 331 g/mol. The predicted molar refractivity (Wildman–Crippen MR) is 77.0 cm³/mol. The Labute approximate surface area is 130 Å². The lowest BCUT2D eigenvalue weighted by Gasteiger charge is -2.29. The largest absolute Gasteiger partial charge is 0.484 e. The van der Waals surface area contributed by atoms with Crippen LogP contribution in [0.4, 0.5) is 22.0 Å². The molecule has 0 aromatic heterocycles. The second-order valence-electron chi connectivity index (χ2n) is 4.83. The Kier molecular flexibility index (Phi) is 5.08. The van der Waals surface area contributed by atoms with E-state index in [0.717, 1.165) is 0 Å². The molecule has 2 rings (SSSR count). The van der Waals surface area contributed by atoms with E-state index in [4.69, 9.17) is 0 Å². The van der Waals surface area contributed by atoms with E-state index in [0.29, 0.717) is 17.0 Å². The Bertz CT molecular complexity index is 616. The van der Waals surface area contributed by atoms with Crippen LogP contribution >= 0.6 is 0 Å². The minimum atomic E-state index is -4.42. The van der Waals surface area contributed by atoms with Crippen molar-refractivity contribution in [2.75, 3.05) is 13.2 Å². The van der Waals surface area contributed by atoms with E-state index in [1.165, 1.54) is 29.2 Å². The van der Waals surface area contributed by atoms with Gasteiger partial charge in [0.15, 0.2) is 6.61 Å². The van der Waals surface area contributed by atoms with Crippen molar-refractivity contribution in [1.82, 2.24) is 4.90 Å². The molecule has 1 aromatic rings. The zero-order chi connectivity index (χ0) is 17.0. The van der Waals surface area contributed by atoms with Gasteiger partial charge in [0, 0.05) is 11.4 Å². The first kappa shape index (κ1) is 17.1. The first-order valence-corrected chi connectivity index (χ1v) is 6.69. The van der Waals surface area contributed by atoms with Crippen LogP contribution in [0.15, 0.2) is 54.8 Å². The molecule has 1 heterocycles. The quantitative estimate of drug-likeness (QED) is 0.730. The molecule has 0 N–H and O–H groups in total. The molecule has 0 amide bonds. The maximum atomic E-state index is 12.7. The van der Waals surface area contributed by atoms with Gasteiger partial charge in [-0.15, -0.1) is 0 Å². The Balaban J connectivity index is 2.15.